The number of imidazole rings is 1. The van der Waals surface area contributed by atoms with Gasteiger partial charge in [0, 0.05) is 21.0 Å². The molecule has 1 N–H and O–H groups in total. The first-order chi connectivity index (χ1) is 10.2. The lowest BCUT2D eigenvalue weighted by atomic mass is 10.2. The third kappa shape index (κ3) is 2.96. The number of nitrogens with zero attached hydrogens (tertiary/aromatic N) is 1. The van der Waals surface area contributed by atoms with E-state index in [9.17, 15) is 4.79 Å². The third-order valence-corrected chi connectivity index (χ3v) is 4.85. The maximum absolute atomic E-state index is 10.7. The number of methoxy groups -OCH3 is 1. The molecule has 0 spiro atoms. The molecule has 6 heteroatoms. The number of benzene rings is 2. The third-order valence-electron chi connectivity index (χ3n) is 2.97. The molecule has 0 aliphatic heterocycles. The number of halogens is 1. The molecule has 21 heavy (non-hydrogen) atoms. The molecule has 0 amide bonds. The van der Waals surface area contributed by atoms with E-state index < -0.39 is 0 Å². The number of hydrogen-bond acceptors (Lipinski definition) is 4. The highest BCUT2D eigenvalue weighted by molar-refractivity contribution is 9.10. The Kier molecular flexibility index (Phi) is 3.98. The lowest BCUT2D eigenvalue weighted by Gasteiger charge is -2.02. The van der Waals surface area contributed by atoms with Gasteiger partial charge in [-0.1, -0.05) is 17.8 Å². The fourth-order valence-corrected chi connectivity index (χ4v) is 3.36. The van der Waals surface area contributed by atoms with Crippen molar-refractivity contribution in [1.82, 2.24) is 9.97 Å². The van der Waals surface area contributed by atoms with E-state index >= 15 is 0 Å². The first kappa shape index (κ1) is 14.2. The van der Waals surface area contributed by atoms with E-state index in [0.717, 1.165) is 37.6 Å². The number of fused-ring (bicyclic) bond motifs is 1. The molecule has 0 atom stereocenters. The van der Waals surface area contributed by atoms with Crippen LogP contribution in [-0.2, 0) is 0 Å². The Bertz CT molecular complexity index is 817. The summed E-state index contributed by atoms with van der Waals surface area (Å²) < 4.78 is 6.07. The summed E-state index contributed by atoms with van der Waals surface area (Å²) in [5, 5.41) is 0.790. The number of aromatic amines is 1. The van der Waals surface area contributed by atoms with Gasteiger partial charge in [-0.25, -0.2) is 4.98 Å². The van der Waals surface area contributed by atoms with Crippen molar-refractivity contribution in [3.63, 3.8) is 0 Å². The van der Waals surface area contributed by atoms with Gasteiger partial charge in [0.2, 0.25) is 0 Å². The lowest BCUT2D eigenvalue weighted by molar-refractivity contribution is 0.112. The topological polar surface area (TPSA) is 55.0 Å². The largest absolute Gasteiger partial charge is 0.497 e. The number of carbonyl (C=O) groups excluding carboxylic acids is 1. The van der Waals surface area contributed by atoms with Crippen molar-refractivity contribution in [2.45, 2.75) is 10.1 Å². The lowest BCUT2D eigenvalue weighted by Crippen LogP contribution is -1.82. The summed E-state index contributed by atoms with van der Waals surface area (Å²) in [6.45, 7) is 0. The van der Waals surface area contributed by atoms with Crippen LogP contribution in [0.2, 0.25) is 0 Å². The van der Waals surface area contributed by atoms with Crippen LogP contribution in [0.25, 0.3) is 11.0 Å². The van der Waals surface area contributed by atoms with Crippen molar-refractivity contribution in [2.75, 3.05) is 7.11 Å². The molecule has 0 radical (unpaired) electrons. The smallest absolute Gasteiger partial charge is 0.171 e. The monoisotopic (exact) mass is 362 g/mol. The van der Waals surface area contributed by atoms with Gasteiger partial charge in [-0.2, -0.15) is 0 Å². The number of aldehydes is 1. The molecule has 1 heterocycles. The number of ether oxygens (including phenoxy) is 1. The van der Waals surface area contributed by atoms with Gasteiger partial charge in [0.1, 0.15) is 12.0 Å². The van der Waals surface area contributed by atoms with E-state index in [4.69, 9.17) is 4.74 Å². The average Bonchev–Trinajstić information content (AvgIpc) is 2.90. The van der Waals surface area contributed by atoms with Crippen molar-refractivity contribution in [1.29, 1.82) is 0 Å². The Morgan fingerprint density at radius 3 is 2.86 bits per heavy atom. The minimum Gasteiger partial charge on any atom is -0.497 e. The van der Waals surface area contributed by atoms with Gasteiger partial charge in [0.25, 0.3) is 0 Å². The number of aromatic nitrogens is 2. The van der Waals surface area contributed by atoms with Crippen LogP contribution in [0.4, 0.5) is 0 Å². The standard InChI is InChI=1S/C15H11BrN2O2S/c1-20-10-3-4-12-13(7-10)18-15(17-12)21-14-5-2-9(8-19)6-11(14)16/h2-8H,1H3,(H,17,18). The molecule has 0 aliphatic carbocycles. The maximum atomic E-state index is 10.7. The molecule has 3 rings (SSSR count). The Balaban J connectivity index is 1.92. The molecule has 0 unspecified atom stereocenters. The van der Waals surface area contributed by atoms with Crippen LogP contribution in [0.15, 0.2) is 50.9 Å². The van der Waals surface area contributed by atoms with Gasteiger partial charge < -0.3 is 9.72 Å². The zero-order valence-electron chi connectivity index (χ0n) is 11.1. The van der Waals surface area contributed by atoms with Crippen molar-refractivity contribution in [3.8, 4) is 5.75 Å². The molecule has 1 aromatic heterocycles. The van der Waals surface area contributed by atoms with Gasteiger partial charge in [0.15, 0.2) is 5.16 Å². The fraction of sp³-hybridized carbons (Fsp3) is 0.0667. The minimum atomic E-state index is 0.639. The second kappa shape index (κ2) is 5.91. The SMILES string of the molecule is COc1ccc2nc(Sc3ccc(C=O)cc3Br)[nH]c2c1. The molecule has 106 valence electrons. The highest BCUT2D eigenvalue weighted by Crippen LogP contribution is 2.33. The van der Waals surface area contributed by atoms with Gasteiger partial charge >= 0.3 is 0 Å². The molecule has 0 saturated heterocycles. The summed E-state index contributed by atoms with van der Waals surface area (Å²) in [6, 6.07) is 11.2. The Morgan fingerprint density at radius 1 is 1.29 bits per heavy atom. The maximum Gasteiger partial charge on any atom is 0.171 e. The van der Waals surface area contributed by atoms with Crippen LogP contribution in [0, 0.1) is 0 Å². The molecular weight excluding hydrogens is 352 g/mol. The quantitative estimate of drug-likeness (QED) is 0.703. The molecule has 3 aromatic rings. The summed E-state index contributed by atoms with van der Waals surface area (Å²) in [5.74, 6) is 0.791. The normalized spacial score (nSPS) is 10.8. The predicted molar refractivity (Wildman–Crippen MR) is 86.3 cm³/mol. The van der Waals surface area contributed by atoms with E-state index in [1.807, 2.05) is 24.3 Å². The summed E-state index contributed by atoms with van der Waals surface area (Å²) in [7, 11) is 1.64. The second-order valence-electron chi connectivity index (χ2n) is 4.33. The molecule has 4 nitrogen and oxygen atoms in total. The summed E-state index contributed by atoms with van der Waals surface area (Å²) in [4.78, 5) is 19.5. The predicted octanol–water partition coefficient (Wildman–Crippen LogP) is 4.30. The summed E-state index contributed by atoms with van der Waals surface area (Å²) in [5.41, 5.74) is 2.46. The van der Waals surface area contributed by atoms with Crippen molar-refractivity contribution in [3.05, 3.63) is 46.4 Å². The van der Waals surface area contributed by atoms with Crippen molar-refractivity contribution >= 4 is 45.0 Å². The van der Waals surface area contributed by atoms with Crippen LogP contribution in [0.3, 0.4) is 0 Å². The molecule has 2 aromatic carbocycles. The van der Waals surface area contributed by atoms with E-state index in [1.54, 1.807) is 19.2 Å². The second-order valence-corrected chi connectivity index (χ2v) is 6.22. The number of rotatable bonds is 4. The number of nitrogens with one attached hydrogen (secondary N) is 1. The molecule has 0 fully saturated rings. The molecule has 0 aliphatic rings. The molecular formula is C15H11BrN2O2S. The Hall–Kier alpha value is -1.79. The van der Waals surface area contributed by atoms with Crippen molar-refractivity contribution in [2.24, 2.45) is 0 Å². The Labute approximate surface area is 134 Å². The van der Waals surface area contributed by atoms with Gasteiger partial charge in [-0.05, 0) is 40.2 Å². The van der Waals surface area contributed by atoms with E-state index in [2.05, 4.69) is 25.9 Å². The van der Waals surface area contributed by atoms with Gasteiger partial charge in [-0.15, -0.1) is 0 Å². The molecule has 0 saturated carbocycles. The minimum absolute atomic E-state index is 0.639. The number of carbonyl (C=O) groups is 1. The molecule has 0 bridgehead atoms. The van der Waals surface area contributed by atoms with Gasteiger partial charge in [0.05, 0.1) is 18.1 Å². The van der Waals surface area contributed by atoms with Gasteiger partial charge in [-0.3, -0.25) is 4.79 Å². The van der Waals surface area contributed by atoms with Crippen LogP contribution >= 0.6 is 27.7 Å². The average molecular weight is 363 g/mol. The van der Waals surface area contributed by atoms with Crippen LogP contribution < -0.4 is 4.74 Å². The van der Waals surface area contributed by atoms with Crippen molar-refractivity contribution < 1.29 is 9.53 Å². The summed E-state index contributed by atoms with van der Waals surface area (Å²) in [6.07, 6.45) is 0.826. The van der Waals surface area contributed by atoms with E-state index in [-0.39, 0.29) is 0 Å². The highest BCUT2D eigenvalue weighted by Gasteiger charge is 2.08. The highest BCUT2D eigenvalue weighted by atomic mass is 79.9. The zero-order chi connectivity index (χ0) is 14.8. The fourth-order valence-electron chi connectivity index (χ4n) is 1.92. The zero-order valence-corrected chi connectivity index (χ0v) is 13.5. The van der Waals surface area contributed by atoms with E-state index in [0.29, 0.717) is 5.56 Å². The Morgan fingerprint density at radius 2 is 2.14 bits per heavy atom. The first-order valence-electron chi connectivity index (χ1n) is 6.16. The van der Waals surface area contributed by atoms with Crippen LogP contribution in [0.5, 0.6) is 5.75 Å². The van der Waals surface area contributed by atoms with E-state index in [1.165, 1.54) is 11.8 Å². The number of hydrogen-bond donors (Lipinski definition) is 1. The summed E-state index contributed by atoms with van der Waals surface area (Å²) >= 11 is 4.97. The first-order valence-corrected chi connectivity index (χ1v) is 7.77. The number of H-pyrrole nitrogens is 1. The van der Waals surface area contributed by atoms with Crippen LogP contribution in [0.1, 0.15) is 10.4 Å². The van der Waals surface area contributed by atoms with Crippen LogP contribution in [-0.4, -0.2) is 23.4 Å².